The molecule has 0 fully saturated rings. The van der Waals surface area contributed by atoms with E-state index in [4.69, 9.17) is 4.74 Å². The van der Waals surface area contributed by atoms with E-state index in [1.54, 1.807) is 0 Å². The van der Waals surface area contributed by atoms with Crippen LogP contribution in [0.15, 0.2) is 30.3 Å². The molecule has 0 aliphatic rings. The van der Waals surface area contributed by atoms with E-state index in [-0.39, 0.29) is 5.97 Å². The number of carbonyl (C=O) groups excluding carboxylic acids is 1. The molecule has 0 saturated carbocycles. The molecule has 3 heteroatoms. The minimum absolute atomic E-state index is 0.161. The molecule has 0 spiro atoms. The first-order valence-corrected chi connectivity index (χ1v) is 6.23. The molecule has 3 nitrogen and oxygen atoms in total. The molecule has 0 aliphatic carbocycles. The number of esters is 1. The van der Waals surface area contributed by atoms with Gasteiger partial charge in [-0.05, 0) is 24.9 Å². The molecule has 1 N–H and O–H groups in total. The van der Waals surface area contributed by atoms with Gasteiger partial charge in [-0.25, -0.2) is 0 Å². The van der Waals surface area contributed by atoms with Crippen LogP contribution in [0, 0.1) is 0 Å². The third kappa shape index (κ3) is 6.74. The van der Waals surface area contributed by atoms with Gasteiger partial charge in [-0.1, -0.05) is 43.7 Å². The second kappa shape index (κ2) is 8.76. The maximum Gasteiger partial charge on any atom is 0.319 e. The summed E-state index contributed by atoms with van der Waals surface area (Å²) in [5, 5.41) is 3.09. The van der Waals surface area contributed by atoms with Gasteiger partial charge in [0, 0.05) is 0 Å². The maximum atomic E-state index is 11.2. The van der Waals surface area contributed by atoms with Gasteiger partial charge in [0.1, 0.15) is 0 Å². The van der Waals surface area contributed by atoms with Crippen LogP contribution in [0.4, 0.5) is 0 Å². The summed E-state index contributed by atoms with van der Waals surface area (Å²) in [7, 11) is 0. The number of carbonyl (C=O) groups is 1. The lowest BCUT2D eigenvalue weighted by Gasteiger charge is -2.05. The van der Waals surface area contributed by atoms with Crippen molar-refractivity contribution in [1.82, 2.24) is 5.32 Å². The fourth-order valence-electron chi connectivity index (χ4n) is 1.45. The first-order valence-electron chi connectivity index (χ1n) is 6.23. The van der Waals surface area contributed by atoms with Gasteiger partial charge >= 0.3 is 5.97 Å². The molecule has 1 rings (SSSR count). The van der Waals surface area contributed by atoms with Gasteiger partial charge < -0.3 is 10.1 Å². The highest BCUT2D eigenvalue weighted by Crippen LogP contribution is 1.97. The van der Waals surface area contributed by atoms with Gasteiger partial charge in [-0.15, -0.1) is 0 Å². The zero-order valence-electron chi connectivity index (χ0n) is 10.4. The van der Waals surface area contributed by atoms with E-state index < -0.39 is 0 Å². The summed E-state index contributed by atoms with van der Waals surface area (Å²) in [6.07, 6.45) is 2.92. The monoisotopic (exact) mass is 235 g/mol. The first kappa shape index (κ1) is 13.7. The predicted octanol–water partition coefficient (Wildman–Crippen LogP) is 2.16. The molecule has 1 aromatic rings. The summed E-state index contributed by atoms with van der Waals surface area (Å²) in [6, 6.07) is 10.2. The van der Waals surface area contributed by atoms with Crippen LogP contribution in [0.3, 0.4) is 0 Å². The Morgan fingerprint density at radius 2 is 2.06 bits per heavy atom. The van der Waals surface area contributed by atoms with Crippen molar-refractivity contribution in [2.45, 2.75) is 26.2 Å². The van der Waals surface area contributed by atoms with Crippen LogP contribution in [0.1, 0.15) is 25.3 Å². The summed E-state index contributed by atoms with van der Waals surface area (Å²) in [5.74, 6) is -0.161. The summed E-state index contributed by atoms with van der Waals surface area (Å²) in [5.41, 5.74) is 1.28. The van der Waals surface area contributed by atoms with Crippen molar-refractivity contribution in [3.63, 3.8) is 0 Å². The topological polar surface area (TPSA) is 38.3 Å². The van der Waals surface area contributed by atoms with Gasteiger partial charge in [-0.3, -0.25) is 4.79 Å². The number of rotatable bonds is 8. The Hall–Kier alpha value is -1.35. The summed E-state index contributed by atoms with van der Waals surface area (Å²) >= 11 is 0. The number of unbranched alkanes of at least 4 members (excludes halogenated alkanes) is 1. The number of benzene rings is 1. The van der Waals surface area contributed by atoms with Crippen molar-refractivity contribution in [2.24, 2.45) is 0 Å². The summed E-state index contributed by atoms with van der Waals surface area (Å²) in [4.78, 5) is 11.2. The van der Waals surface area contributed by atoms with Gasteiger partial charge in [0.25, 0.3) is 0 Å². The lowest BCUT2D eigenvalue weighted by molar-refractivity contribution is -0.142. The lowest BCUT2D eigenvalue weighted by Crippen LogP contribution is -2.26. The molecular formula is C14H21NO2. The third-order valence-electron chi connectivity index (χ3n) is 2.46. The Bertz CT molecular complexity index is 311. The van der Waals surface area contributed by atoms with Crippen LogP contribution < -0.4 is 5.32 Å². The molecule has 0 atom stereocenters. The van der Waals surface area contributed by atoms with Gasteiger partial charge in [-0.2, -0.15) is 0 Å². The lowest BCUT2D eigenvalue weighted by atomic mass is 10.1. The predicted molar refractivity (Wildman–Crippen MR) is 68.9 cm³/mol. The van der Waals surface area contributed by atoms with Crippen LogP contribution in [-0.4, -0.2) is 25.7 Å². The molecule has 1 aromatic carbocycles. The minimum Gasteiger partial charge on any atom is -0.465 e. The number of ether oxygens (including phenoxy) is 1. The fourth-order valence-corrected chi connectivity index (χ4v) is 1.45. The average molecular weight is 235 g/mol. The largest absolute Gasteiger partial charge is 0.465 e. The number of hydrogen-bond donors (Lipinski definition) is 1. The van der Waals surface area contributed by atoms with Crippen molar-refractivity contribution >= 4 is 5.97 Å². The normalized spacial score (nSPS) is 10.2. The molecule has 0 amide bonds. The molecule has 0 unspecified atom stereocenters. The van der Waals surface area contributed by atoms with Gasteiger partial charge in [0.15, 0.2) is 0 Å². The Morgan fingerprint density at radius 1 is 1.29 bits per heavy atom. The van der Waals surface area contributed by atoms with Crippen molar-refractivity contribution < 1.29 is 9.53 Å². The molecule has 0 radical (unpaired) electrons. The highest BCUT2D eigenvalue weighted by molar-refractivity contribution is 5.71. The maximum absolute atomic E-state index is 11.2. The number of nitrogens with one attached hydrogen (secondary N) is 1. The third-order valence-corrected chi connectivity index (χ3v) is 2.46. The first-order chi connectivity index (χ1) is 8.33. The smallest absolute Gasteiger partial charge is 0.319 e. The van der Waals surface area contributed by atoms with Crippen molar-refractivity contribution in [2.75, 3.05) is 19.7 Å². The Morgan fingerprint density at radius 3 is 2.76 bits per heavy atom. The standard InChI is InChI=1S/C14H21NO2/c1-2-3-11-17-14(16)12-15-10-9-13-7-5-4-6-8-13/h4-8,15H,2-3,9-12H2,1H3. The van der Waals surface area contributed by atoms with Crippen LogP contribution in [0.2, 0.25) is 0 Å². The molecular weight excluding hydrogens is 214 g/mol. The van der Waals surface area contributed by atoms with E-state index in [1.807, 2.05) is 18.2 Å². The van der Waals surface area contributed by atoms with Crippen molar-refractivity contribution in [3.8, 4) is 0 Å². The highest BCUT2D eigenvalue weighted by atomic mass is 16.5. The quantitative estimate of drug-likeness (QED) is 0.554. The van der Waals surface area contributed by atoms with E-state index in [0.29, 0.717) is 13.2 Å². The second-order valence-electron chi connectivity index (χ2n) is 3.99. The van der Waals surface area contributed by atoms with Gasteiger partial charge in [0.2, 0.25) is 0 Å². The summed E-state index contributed by atoms with van der Waals surface area (Å²) < 4.78 is 5.03. The van der Waals surface area contributed by atoms with E-state index in [1.165, 1.54) is 5.56 Å². The van der Waals surface area contributed by atoms with E-state index >= 15 is 0 Å². The van der Waals surface area contributed by atoms with E-state index in [9.17, 15) is 4.79 Å². The van der Waals surface area contributed by atoms with Gasteiger partial charge in [0.05, 0.1) is 13.2 Å². The average Bonchev–Trinajstić information content (AvgIpc) is 2.36. The number of hydrogen-bond acceptors (Lipinski definition) is 3. The molecule has 94 valence electrons. The van der Waals surface area contributed by atoms with E-state index in [0.717, 1.165) is 25.8 Å². The van der Waals surface area contributed by atoms with Crippen LogP contribution in [0.5, 0.6) is 0 Å². The molecule has 17 heavy (non-hydrogen) atoms. The van der Waals surface area contributed by atoms with Crippen LogP contribution >= 0.6 is 0 Å². The molecule has 0 aromatic heterocycles. The molecule has 0 aliphatic heterocycles. The SMILES string of the molecule is CCCCOC(=O)CNCCc1ccccc1. The van der Waals surface area contributed by atoms with Crippen molar-refractivity contribution in [3.05, 3.63) is 35.9 Å². The fraction of sp³-hybridized carbons (Fsp3) is 0.500. The Kier molecular flexibility index (Phi) is 7.07. The van der Waals surface area contributed by atoms with Crippen molar-refractivity contribution in [1.29, 1.82) is 0 Å². The zero-order chi connectivity index (χ0) is 12.3. The Balaban J connectivity index is 2.02. The summed E-state index contributed by atoms with van der Waals surface area (Å²) in [6.45, 7) is 3.71. The minimum atomic E-state index is -0.161. The molecule has 0 saturated heterocycles. The Labute approximate surface area is 103 Å². The zero-order valence-corrected chi connectivity index (χ0v) is 10.4. The molecule has 0 heterocycles. The molecule has 0 bridgehead atoms. The van der Waals surface area contributed by atoms with E-state index in [2.05, 4.69) is 24.4 Å². The van der Waals surface area contributed by atoms with Crippen LogP contribution in [-0.2, 0) is 16.0 Å². The highest BCUT2D eigenvalue weighted by Gasteiger charge is 2.00. The second-order valence-corrected chi connectivity index (χ2v) is 3.99. The van der Waals surface area contributed by atoms with Crippen LogP contribution in [0.25, 0.3) is 0 Å².